The molecule has 0 unspecified atom stereocenters. The molecule has 0 atom stereocenters. The van der Waals surface area contributed by atoms with E-state index >= 15 is 0 Å². The van der Waals surface area contributed by atoms with Crippen LogP contribution in [0.2, 0.25) is 0 Å². The summed E-state index contributed by atoms with van der Waals surface area (Å²) in [5.41, 5.74) is 1.48. The van der Waals surface area contributed by atoms with Crippen molar-refractivity contribution in [3.05, 3.63) is 54.2 Å². The van der Waals surface area contributed by atoms with Crippen molar-refractivity contribution in [2.45, 2.75) is 6.92 Å². The third-order valence-electron chi connectivity index (χ3n) is 3.70. The first kappa shape index (κ1) is 21.0. The molecule has 0 aliphatic heterocycles. The number of aromatic hydroxyl groups is 1. The molecule has 150 valence electrons. The van der Waals surface area contributed by atoms with E-state index < -0.39 is 18.4 Å². The van der Waals surface area contributed by atoms with Gasteiger partial charge in [-0.3, -0.25) is 14.4 Å². The van der Waals surface area contributed by atoms with Gasteiger partial charge in [0.05, 0.1) is 6.20 Å². The molecule has 0 saturated heterocycles. The van der Waals surface area contributed by atoms with Crippen LogP contribution in [-0.4, -0.2) is 60.0 Å². The summed E-state index contributed by atoms with van der Waals surface area (Å²) in [7, 11) is 0. The van der Waals surface area contributed by atoms with Crippen LogP contribution in [0.4, 0.5) is 0 Å². The van der Waals surface area contributed by atoms with Gasteiger partial charge in [-0.25, -0.2) is 14.6 Å². The van der Waals surface area contributed by atoms with Crippen molar-refractivity contribution in [3.63, 3.8) is 0 Å². The van der Waals surface area contributed by atoms with Crippen LogP contribution >= 0.6 is 0 Å². The van der Waals surface area contributed by atoms with Gasteiger partial charge in [0, 0.05) is 35.3 Å². The van der Waals surface area contributed by atoms with E-state index in [4.69, 9.17) is 15.0 Å². The van der Waals surface area contributed by atoms with Gasteiger partial charge < -0.3 is 20.6 Å². The fourth-order valence-corrected chi connectivity index (χ4v) is 2.37. The summed E-state index contributed by atoms with van der Waals surface area (Å²) in [5, 5.41) is 32.2. The van der Waals surface area contributed by atoms with E-state index in [0.717, 1.165) is 0 Å². The van der Waals surface area contributed by atoms with Gasteiger partial charge in [0.25, 0.3) is 12.4 Å². The summed E-state index contributed by atoms with van der Waals surface area (Å²) in [5.74, 6) is -1.62. The molecule has 0 aromatic carbocycles. The lowest BCUT2D eigenvalue weighted by atomic mass is 10.0. The van der Waals surface area contributed by atoms with Crippen LogP contribution in [0.1, 0.15) is 16.1 Å². The molecular weight excluding hydrogens is 382 g/mol. The Balaban J connectivity index is 0.000000941. The number of carbonyl (C=O) groups is 3. The Morgan fingerprint density at radius 3 is 2.59 bits per heavy atom. The molecule has 4 N–H and O–H groups in total. The summed E-state index contributed by atoms with van der Waals surface area (Å²) in [6.07, 6.45) is 6.42. The second kappa shape index (κ2) is 9.60. The molecule has 3 aromatic heterocycles. The van der Waals surface area contributed by atoms with E-state index in [2.05, 4.69) is 20.4 Å². The fourth-order valence-electron chi connectivity index (χ4n) is 2.37. The summed E-state index contributed by atoms with van der Waals surface area (Å²) in [6, 6.07) is 5.44. The molecule has 0 saturated carbocycles. The predicted molar refractivity (Wildman–Crippen MR) is 99.7 cm³/mol. The minimum absolute atomic E-state index is 0.232. The van der Waals surface area contributed by atoms with Crippen molar-refractivity contribution in [2.24, 2.45) is 0 Å². The van der Waals surface area contributed by atoms with Gasteiger partial charge in [0.1, 0.15) is 12.3 Å². The number of aliphatic carboxylic acids is 1. The van der Waals surface area contributed by atoms with Crippen molar-refractivity contribution in [1.82, 2.24) is 25.1 Å². The average molecular weight is 399 g/mol. The SMILES string of the molecule is Cc1c(-c2cnn(-c3ccccn3)c2)cnc(C(=O)NCC(=O)O)c1O.O=CO. The smallest absolute Gasteiger partial charge is 0.322 e. The molecule has 3 aromatic rings. The number of nitrogens with zero attached hydrogens (tertiary/aromatic N) is 4. The van der Waals surface area contributed by atoms with Crippen LogP contribution in [0.3, 0.4) is 0 Å². The van der Waals surface area contributed by atoms with Crippen LogP contribution in [0, 0.1) is 6.92 Å². The number of nitrogens with one attached hydrogen (secondary N) is 1. The first-order chi connectivity index (χ1) is 13.9. The van der Waals surface area contributed by atoms with E-state index in [1.54, 1.807) is 42.3 Å². The quantitative estimate of drug-likeness (QED) is 0.455. The summed E-state index contributed by atoms with van der Waals surface area (Å²) in [6.45, 7) is 0.829. The highest BCUT2D eigenvalue weighted by atomic mass is 16.4. The third-order valence-corrected chi connectivity index (χ3v) is 3.70. The molecule has 0 spiro atoms. The van der Waals surface area contributed by atoms with Crippen molar-refractivity contribution >= 4 is 18.3 Å². The van der Waals surface area contributed by atoms with Crippen LogP contribution in [0.15, 0.2) is 43.0 Å². The maximum Gasteiger partial charge on any atom is 0.322 e. The summed E-state index contributed by atoms with van der Waals surface area (Å²) >= 11 is 0. The molecule has 3 heterocycles. The lowest BCUT2D eigenvalue weighted by Crippen LogP contribution is -2.30. The maximum atomic E-state index is 11.9. The van der Waals surface area contributed by atoms with E-state index in [0.29, 0.717) is 22.5 Å². The van der Waals surface area contributed by atoms with Gasteiger partial charge in [-0.2, -0.15) is 5.10 Å². The van der Waals surface area contributed by atoms with Crippen LogP contribution in [-0.2, 0) is 9.59 Å². The number of pyridine rings is 2. The highest BCUT2D eigenvalue weighted by Gasteiger charge is 2.19. The molecule has 11 nitrogen and oxygen atoms in total. The lowest BCUT2D eigenvalue weighted by molar-refractivity contribution is -0.135. The van der Waals surface area contributed by atoms with Crippen molar-refractivity contribution in [1.29, 1.82) is 0 Å². The number of carbonyl (C=O) groups excluding carboxylic acids is 1. The average Bonchev–Trinajstić information content (AvgIpc) is 3.19. The molecule has 0 aliphatic carbocycles. The Hall–Kier alpha value is -4.28. The number of amides is 1. The molecule has 0 radical (unpaired) electrons. The van der Waals surface area contributed by atoms with Gasteiger partial charge in [-0.05, 0) is 19.1 Å². The zero-order valence-electron chi connectivity index (χ0n) is 15.2. The topological polar surface area (TPSA) is 168 Å². The molecule has 1 amide bonds. The standard InChI is InChI=1S/C17H15N5O4.CH2O2/c1-10-12(7-19-15(16(10)25)17(26)20-8-14(23)24)11-6-21-22(9-11)13-4-2-3-5-18-13;2-1-3/h2-7,9,25H,8H2,1H3,(H,20,26)(H,23,24);1H,(H,2,3). The predicted octanol–water partition coefficient (Wildman–Crippen LogP) is 0.859. The van der Waals surface area contributed by atoms with E-state index in [1.807, 2.05) is 6.07 Å². The first-order valence-corrected chi connectivity index (χ1v) is 8.11. The molecule has 0 fully saturated rings. The molecule has 0 aliphatic rings. The highest BCUT2D eigenvalue weighted by Crippen LogP contribution is 2.30. The zero-order valence-corrected chi connectivity index (χ0v) is 15.2. The number of carboxylic acid groups (broad SMARTS) is 2. The Bertz CT molecular complexity index is 1020. The van der Waals surface area contributed by atoms with Crippen molar-refractivity contribution in [3.8, 4) is 22.7 Å². The highest BCUT2D eigenvalue weighted by molar-refractivity contribution is 5.97. The van der Waals surface area contributed by atoms with Gasteiger partial charge >= 0.3 is 5.97 Å². The van der Waals surface area contributed by atoms with Crippen LogP contribution in [0.25, 0.3) is 16.9 Å². The Morgan fingerprint density at radius 1 is 1.24 bits per heavy atom. The Morgan fingerprint density at radius 2 is 1.97 bits per heavy atom. The van der Waals surface area contributed by atoms with Crippen molar-refractivity contribution in [2.75, 3.05) is 6.54 Å². The second-order valence-electron chi connectivity index (χ2n) is 5.54. The maximum absolute atomic E-state index is 11.9. The van der Waals surface area contributed by atoms with Gasteiger partial charge in [-0.15, -0.1) is 0 Å². The molecule has 11 heteroatoms. The van der Waals surface area contributed by atoms with Crippen molar-refractivity contribution < 1.29 is 29.7 Å². The minimum atomic E-state index is -1.19. The van der Waals surface area contributed by atoms with E-state index in [-0.39, 0.29) is 17.9 Å². The number of hydrogen-bond donors (Lipinski definition) is 4. The monoisotopic (exact) mass is 399 g/mol. The Labute approximate surface area is 164 Å². The normalized spacial score (nSPS) is 9.83. The number of hydrogen-bond acceptors (Lipinski definition) is 7. The molecular formula is C18H17N5O6. The summed E-state index contributed by atoms with van der Waals surface area (Å²) < 4.78 is 1.58. The second-order valence-corrected chi connectivity index (χ2v) is 5.54. The van der Waals surface area contributed by atoms with Gasteiger partial charge in [0.15, 0.2) is 11.5 Å². The minimum Gasteiger partial charge on any atom is -0.505 e. The van der Waals surface area contributed by atoms with Gasteiger partial charge in [-0.1, -0.05) is 6.07 Å². The number of carboxylic acids is 1. The number of rotatable bonds is 5. The fraction of sp³-hybridized carbons (Fsp3) is 0.111. The van der Waals surface area contributed by atoms with E-state index in [1.165, 1.54) is 6.20 Å². The molecule has 3 rings (SSSR count). The molecule has 0 bridgehead atoms. The first-order valence-electron chi connectivity index (χ1n) is 8.11. The lowest BCUT2D eigenvalue weighted by Gasteiger charge is -2.09. The van der Waals surface area contributed by atoms with Crippen LogP contribution < -0.4 is 5.32 Å². The zero-order chi connectivity index (χ0) is 21.4. The Kier molecular flexibility index (Phi) is 6.96. The van der Waals surface area contributed by atoms with Crippen LogP contribution in [0.5, 0.6) is 5.75 Å². The largest absolute Gasteiger partial charge is 0.505 e. The summed E-state index contributed by atoms with van der Waals surface area (Å²) in [4.78, 5) is 39.0. The third kappa shape index (κ3) is 5.13. The molecule has 29 heavy (non-hydrogen) atoms. The number of aromatic nitrogens is 4. The van der Waals surface area contributed by atoms with E-state index in [9.17, 15) is 14.7 Å². The van der Waals surface area contributed by atoms with Gasteiger partial charge in [0.2, 0.25) is 0 Å².